The predicted molar refractivity (Wildman–Crippen MR) is 137 cm³/mol. The summed E-state index contributed by atoms with van der Waals surface area (Å²) in [5.41, 5.74) is 4.47. The number of aromatic nitrogens is 3. The van der Waals surface area contributed by atoms with Crippen molar-refractivity contribution in [1.29, 1.82) is 0 Å². The molecule has 1 saturated carbocycles. The monoisotopic (exact) mass is 512 g/mol. The minimum Gasteiger partial charge on any atom is -0.299 e. The van der Waals surface area contributed by atoms with Gasteiger partial charge >= 0.3 is 0 Å². The van der Waals surface area contributed by atoms with Crippen molar-refractivity contribution in [2.24, 2.45) is 5.10 Å². The number of carbonyl (C=O) groups is 1. The molecule has 182 valence electrons. The molecule has 0 spiro atoms. The molecule has 0 aliphatic heterocycles. The summed E-state index contributed by atoms with van der Waals surface area (Å²) in [6, 6.07) is 13.9. The van der Waals surface area contributed by atoms with E-state index in [9.17, 15) is 14.9 Å². The van der Waals surface area contributed by atoms with Crippen molar-refractivity contribution in [2.75, 3.05) is 5.75 Å². The van der Waals surface area contributed by atoms with E-state index in [0.717, 1.165) is 37.1 Å². The topological polar surface area (TPSA) is 115 Å². The molecule has 1 aliphatic rings. The van der Waals surface area contributed by atoms with E-state index in [-0.39, 0.29) is 23.4 Å². The summed E-state index contributed by atoms with van der Waals surface area (Å²) in [5, 5.41) is 25.3. The van der Waals surface area contributed by atoms with Crippen molar-refractivity contribution >= 4 is 40.7 Å². The fraction of sp³-hybridized carbons (Fsp3) is 0.333. The minimum absolute atomic E-state index is 0.0301. The number of hydrogen-bond donors (Lipinski definition) is 1. The van der Waals surface area contributed by atoms with Crippen molar-refractivity contribution < 1.29 is 9.72 Å². The largest absolute Gasteiger partial charge is 0.299 e. The highest BCUT2D eigenvalue weighted by atomic mass is 35.5. The third-order valence-corrected chi connectivity index (χ3v) is 7.06. The van der Waals surface area contributed by atoms with Gasteiger partial charge in [-0.05, 0) is 44.0 Å². The molecule has 2 aromatic carbocycles. The molecule has 0 atom stereocenters. The van der Waals surface area contributed by atoms with Crippen LogP contribution < -0.4 is 5.43 Å². The van der Waals surface area contributed by atoms with E-state index in [0.29, 0.717) is 21.5 Å². The van der Waals surface area contributed by atoms with Crippen molar-refractivity contribution in [3.05, 3.63) is 69.2 Å². The Labute approximate surface area is 212 Å². The SMILES string of the molecule is C/C(=N/NC(=O)CSc1nnc(-c2ccc(Cl)cc2)n1C1CCCCC1)c1cccc([N+](=O)[O-])c1. The molecule has 9 nitrogen and oxygen atoms in total. The summed E-state index contributed by atoms with van der Waals surface area (Å²) in [7, 11) is 0. The Morgan fingerprint density at radius 1 is 1.20 bits per heavy atom. The zero-order valence-electron chi connectivity index (χ0n) is 19.2. The van der Waals surface area contributed by atoms with E-state index in [1.165, 1.54) is 30.3 Å². The van der Waals surface area contributed by atoms with Gasteiger partial charge < -0.3 is 0 Å². The highest BCUT2D eigenvalue weighted by Gasteiger charge is 2.24. The molecule has 1 N–H and O–H groups in total. The van der Waals surface area contributed by atoms with Crippen LogP contribution in [0.4, 0.5) is 5.69 Å². The average Bonchev–Trinajstić information content (AvgIpc) is 3.31. The fourth-order valence-corrected chi connectivity index (χ4v) is 4.98. The lowest BCUT2D eigenvalue weighted by molar-refractivity contribution is -0.384. The first-order chi connectivity index (χ1) is 16.9. The molecular weight excluding hydrogens is 488 g/mol. The number of non-ortho nitro benzene ring substituents is 1. The average molecular weight is 513 g/mol. The maximum Gasteiger partial charge on any atom is 0.270 e. The molecule has 1 amide bonds. The van der Waals surface area contributed by atoms with E-state index in [4.69, 9.17) is 11.6 Å². The van der Waals surface area contributed by atoms with Gasteiger partial charge in [0.2, 0.25) is 0 Å². The van der Waals surface area contributed by atoms with E-state index in [2.05, 4.69) is 25.3 Å². The number of thioether (sulfide) groups is 1. The second kappa shape index (κ2) is 11.5. The van der Waals surface area contributed by atoms with Gasteiger partial charge in [0.15, 0.2) is 11.0 Å². The Hall–Kier alpha value is -3.24. The molecule has 3 aromatic rings. The molecule has 0 saturated heterocycles. The van der Waals surface area contributed by atoms with Crippen LogP contribution in [0, 0.1) is 10.1 Å². The van der Waals surface area contributed by atoms with Crippen molar-refractivity contribution in [3.8, 4) is 11.4 Å². The first kappa shape index (κ1) is 24.9. The number of carbonyl (C=O) groups excluding carboxylic acids is 1. The maximum atomic E-state index is 12.5. The molecule has 0 unspecified atom stereocenters. The minimum atomic E-state index is -0.466. The molecule has 1 fully saturated rings. The Bertz CT molecular complexity index is 1240. The molecule has 1 heterocycles. The standard InChI is InChI=1S/C24H25ClN6O3S/c1-16(18-6-5-9-21(14-18)31(33)34)26-27-22(32)15-35-24-29-28-23(17-10-12-19(25)13-11-17)30(24)20-7-3-2-4-8-20/h5-6,9-14,20H,2-4,7-8,15H2,1H3,(H,27,32)/b26-16-. The van der Waals surface area contributed by atoms with Crippen LogP contribution in [-0.2, 0) is 4.79 Å². The molecule has 1 aliphatic carbocycles. The Morgan fingerprint density at radius 3 is 2.66 bits per heavy atom. The van der Waals surface area contributed by atoms with Gasteiger partial charge in [-0.3, -0.25) is 19.5 Å². The van der Waals surface area contributed by atoms with Crippen LogP contribution in [0.2, 0.25) is 5.02 Å². The van der Waals surface area contributed by atoms with Crippen LogP contribution in [-0.4, -0.2) is 37.1 Å². The van der Waals surface area contributed by atoms with Crippen LogP contribution in [0.1, 0.15) is 50.6 Å². The number of benzene rings is 2. The second-order valence-electron chi connectivity index (χ2n) is 8.30. The lowest BCUT2D eigenvalue weighted by atomic mass is 9.95. The molecule has 0 bridgehead atoms. The zero-order chi connectivity index (χ0) is 24.8. The van der Waals surface area contributed by atoms with Gasteiger partial charge in [-0.15, -0.1) is 10.2 Å². The Balaban J connectivity index is 1.46. The number of hydrazone groups is 1. The van der Waals surface area contributed by atoms with Crippen LogP contribution >= 0.6 is 23.4 Å². The summed E-state index contributed by atoms with van der Waals surface area (Å²) in [4.78, 5) is 23.0. The van der Waals surface area contributed by atoms with Crippen LogP contribution in [0.3, 0.4) is 0 Å². The van der Waals surface area contributed by atoms with Crippen LogP contribution in [0.25, 0.3) is 11.4 Å². The Morgan fingerprint density at radius 2 is 1.94 bits per heavy atom. The number of nitro groups is 1. The lowest BCUT2D eigenvalue weighted by Gasteiger charge is -2.25. The molecular formula is C24H25ClN6O3S. The van der Waals surface area contributed by atoms with Crippen molar-refractivity contribution in [2.45, 2.75) is 50.2 Å². The van der Waals surface area contributed by atoms with E-state index in [1.807, 2.05) is 24.3 Å². The lowest BCUT2D eigenvalue weighted by Crippen LogP contribution is -2.22. The number of amides is 1. The predicted octanol–water partition coefficient (Wildman–Crippen LogP) is 5.64. The number of halogens is 1. The number of nitrogens with zero attached hydrogens (tertiary/aromatic N) is 5. The first-order valence-electron chi connectivity index (χ1n) is 11.3. The molecule has 1 aromatic heterocycles. The normalized spacial score (nSPS) is 14.6. The van der Waals surface area contributed by atoms with Gasteiger partial charge in [0, 0.05) is 34.3 Å². The van der Waals surface area contributed by atoms with Gasteiger partial charge in [-0.2, -0.15) is 5.10 Å². The fourth-order valence-electron chi connectivity index (χ4n) is 4.06. The van der Waals surface area contributed by atoms with Crippen LogP contribution in [0.5, 0.6) is 0 Å². The van der Waals surface area contributed by atoms with Gasteiger partial charge in [0.05, 0.1) is 16.4 Å². The van der Waals surface area contributed by atoms with Crippen molar-refractivity contribution in [3.63, 3.8) is 0 Å². The smallest absolute Gasteiger partial charge is 0.270 e. The second-order valence-corrected chi connectivity index (χ2v) is 9.68. The zero-order valence-corrected chi connectivity index (χ0v) is 20.8. The summed E-state index contributed by atoms with van der Waals surface area (Å²) >= 11 is 7.37. The summed E-state index contributed by atoms with van der Waals surface area (Å²) in [6.07, 6.45) is 5.62. The van der Waals surface area contributed by atoms with Gasteiger partial charge in [-0.25, -0.2) is 5.43 Å². The molecule has 0 radical (unpaired) electrons. The summed E-state index contributed by atoms with van der Waals surface area (Å²) < 4.78 is 2.15. The molecule has 35 heavy (non-hydrogen) atoms. The van der Waals surface area contributed by atoms with Gasteiger partial charge in [-0.1, -0.05) is 54.8 Å². The maximum absolute atomic E-state index is 12.5. The van der Waals surface area contributed by atoms with Crippen LogP contribution in [0.15, 0.2) is 58.8 Å². The number of hydrogen-bond acceptors (Lipinski definition) is 7. The van der Waals surface area contributed by atoms with Gasteiger partial charge in [0.1, 0.15) is 0 Å². The quantitative estimate of drug-likeness (QED) is 0.180. The highest BCUT2D eigenvalue weighted by molar-refractivity contribution is 7.99. The van der Waals surface area contributed by atoms with Gasteiger partial charge in [0.25, 0.3) is 11.6 Å². The first-order valence-corrected chi connectivity index (χ1v) is 12.7. The summed E-state index contributed by atoms with van der Waals surface area (Å²) in [5.74, 6) is 0.582. The Kier molecular flexibility index (Phi) is 8.14. The number of rotatable bonds is 8. The molecule has 4 rings (SSSR count). The third kappa shape index (κ3) is 6.26. The third-order valence-electron chi connectivity index (χ3n) is 5.86. The van der Waals surface area contributed by atoms with E-state index >= 15 is 0 Å². The summed E-state index contributed by atoms with van der Waals surface area (Å²) in [6.45, 7) is 1.69. The highest BCUT2D eigenvalue weighted by Crippen LogP contribution is 2.35. The number of nitro benzene ring substituents is 1. The van der Waals surface area contributed by atoms with E-state index in [1.54, 1.807) is 19.1 Å². The van der Waals surface area contributed by atoms with E-state index < -0.39 is 4.92 Å². The number of nitrogens with one attached hydrogen (secondary N) is 1. The van der Waals surface area contributed by atoms with Crippen molar-refractivity contribution in [1.82, 2.24) is 20.2 Å². The molecule has 11 heteroatoms.